The first-order chi connectivity index (χ1) is 17.2. The number of nitrogens with one attached hydrogen (secondary N) is 2. The molecule has 0 saturated carbocycles. The number of carbonyl (C=O) groups excluding carboxylic acids is 1. The van der Waals surface area contributed by atoms with E-state index in [1.165, 1.54) is 5.56 Å². The molecule has 4 aromatic rings. The number of amides is 1. The Hall–Kier alpha value is -3.87. The first-order valence-corrected chi connectivity index (χ1v) is 12.3. The maximum absolute atomic E-state index is 13.8. The fraction of sp³-hybridized carbons (Fsp3) is 0.321. The second kappa shape index (κ2) is 9.06. The van der Waals surface area contributed by atoms with Gasteiger partial charge in [-0.15, -0.1) is 0 Å². The Balaban J connectivity index is 1.18. The molecule has 6 rings (SSSR count). The number of fused-ring (bicyclic) bond motifs is 3. The molecule has 2 atom stereocenters. The molecule has 3 aromatic heterocycles. The number of benzene rings is 1. The Kier molecular flexibility index (Phi) is 5.60. The van der Waals surface area contributed by atoms with Gasteiger partial charge in [-0.05, 0) is 80.0 Å². The van der Waals surface area contributed by atoms with Crippen molar-refractivity contribution in [2.24, 2.45) is 5.92 Å². The lowest BCUT2D eigenvalue weighted by atomic mass is 9.85. The van der Waals surface area contributed by atoms with Crippen LogP contribution in [0, 0.1) is 5.92 Å². The number of anilines is 2. The molecule has 1 amide bonds. The van der Waals surface area contributed by atoms with Gasteiger partial charge in [0.25, 0.3) is 5.91 Å². The van der Waals surface area contributed by atoms with Gasteiger partial charge in [-0.2, -0.15) is 0 Å². The number of aromatic nitrogens is 3. The first-order valence-electron chi connectivity index (χ1n) is 12.3. The summed E-state index contributed by atoms with van der Waals surface area (Å²) in [5, 5.41) is 4.48. The summed E-state index contributed by atoms with van der Waals surface area (Å²) in [7, 11) is 1.64. The number of hydrogen-bond donors (Lipinski definition) is 2. The third-order valence-electron chi connectivity index (χ3n) is 7.42. The van der Waals surface area contributed by atoms with Crippen molar-refractivity contribution in [2.45, 2.75) is 44.2 Å². The number of methoxy groups -OCH3 is 1. The van der Waals surface area contributed by atoms with Crippen LogP contribution in [0.3, 0.4) is 0 Å². The van der Waals surface area contributed by atoms with Gasteiger partial charge in [0.1, 0.15) is 17.2 Å². The number of pyridine rings is 2. The van der Waals surface area contributed by atoms with E-state index in [1.807, 2.05) is 48.8 Å². The summed E-state index contributed by atoms with van der Waals surface area (Å²) in [5.41, 5.74) is 3.67. The van der Waals surface area contributed by atoms with E-state index in [2.05, 4.69) is 37.3 Å². The third kappa shape index (κ3) is 4.22. The summed E-state index contributed by atoms with van der Waals surface area (Å²) >= 11 is 0. The standard InChI is InChI=1S/C28H29N5O2/c1-35-24-5-2-4-21(16-24)32-27-25(6-3-10-29-27)28(34)33-22-7-8-23(33)15-18(14-22)12-19-13-20-9-11-30-26(20)31-17-19/h2-6,9-11,13,16-18,22-23H,7-8,12,14-15H2,1H3,(H,29,32)(H,30,31)/t22-,23-/m0/s1. The van der Waals surface area contributed by atoms with Crippen molar-refractivity contribution in [3.05, 3.63) is 78.2 Å². The number of rotatable bonds is 6. The Morgan fingerprint density at radius 2 is 1.97 bits per heavy atom. The molecular formula is C28H29N5O2. The summed E-state index contributed by atoms with van der Waals surface area (Å²) in [6.45, 7) is 0. The predicted octanol–water partition coefficient (Wildman–Crippen LogP) is 5.34. The molecule has 1 aromatic carbocycles. The Morgan fingerprint density at radius 3 is 2.80 bits per heavy atom. The quantitative estimate of drug-likeness (QED) is 0.400. The van der Waals surface area contributed by atoms with E-state index in [-0.39, 0.29) is 18.0 Å². The molecule has 178 valence electrons. The number of hydrogen-bond acceptors (Lipinski definition) is 5. The molecule has 2 aliphatic rings. The molecule has 2 N–H and O–H groups in total. The van der Waals surface area contributed by atoms with Crippen molar-refractivity contribution in [2.75, 3.05) is 12.4 Å². The fourth-order valence-electron chi connectivity index (χ4n) is 5.87. The van der Waals surface area contributed by atoms with Crippen LogP contribution in [0.25, 0.3) is 11.0 Å². The van der Waals surface area contributed by atoms with Gasteiger partial charge in [0.15, 0.2) is 0 Å². The van der Waals surface area contributed by atoms with E-state index in [9.17, 15) is 4.79 Å². The van der Waals surface area contributed by atoms with Gasteiger partial charge in [-0.1, -0.05) is 6.07 Å². The smallest absolute Gasteiger partial charge is 0.258 e. The average molecular weight is 468 g/mol. The highest BCUT2D eigenvalue weighted by molar-refractivity contribution is 6.00. The molecule has 5 heterocycles. The second-order valence-corrected chi connectivity index (χ2v) is 9.65. The lowest BCUT2D eigenvalue weighted by molar-refractivity contribution is 0.0525. The molecule has 2 bridgehead atoms. The Morgan fingerprint density at radius 1 is 1.11 bits per heavy atom. The van der Waals surface area contributed by atoms with Gasteiger partial charge < -0.3 is 19.9 Å². The van der Waals surface area contributed by atoms with Crippen molar-refractivity contribution in [3.63, 3.8) is 0 Å². The molecule has 2 fully saturated rings. The van der Waals surface area contributed by atoms with Crippen LogP contribution in [0.2, 0.25) is 0 Å². The fourth-order valence-corrected chi connectivity index (χ4v) is 5.87. The average Bonchev–Trinajstić information content (AvgIpc) is 3.45. The first kappa shape index (κ1) is 21.6. The molecular weight excluding hydrogens is 438 g/mol. The SMILES string of the molecule is COc1cccc(Nc2ncccc2C(=O)N2[C@H]3CC[C@H]2CC(Cc2cnc4[nH]ccc4c2)C3)c1. The minimum Gasteiger partial charge on any atom is -0.497 e. The number of piperidine rings is 1. The van der Waals surface area contributed by atoms with Gasteiger partial charge in [-0.25, -0.2) is 9.97 Å². The van der Waals surface area contributed by atoms with Crippen LogP contribution in [0.15, 0.2) is 67.1 Å². The van der Waals surface area contributed by atoms with E-state index in [0.29, 0.717) is 17.3 Å². The Labute approximate surface area is 204 Å². The zero-order valence-corrected chi connectivity index (χ0v) is 19.8. The van der Waals surface area contributed by atoms with Crippen LogP contribution in [0.4, 0.5) is 11.5 Å². The summed E-state index contributed by atoms with van der Waals surface area (Å²) in [5.74, 6) is 1.98. The molecule has 0 unspecified atom stereocenters. The topological polar surface area (TPSA) is 83.1 Å². The third-order valence-corrected chi connectivity index (χ3v) is 7.42. The van der Waals surface area contributed by atoms with Gasteiger partial charge >= 0.3 is 0 Å². The summed E-state index contributed by atoms with van der Waals surface area (Å²) < 4.78 is 5.33. The van der Waals surface area contributed by atoms with Crippen LogP contribution >= 0.6 is 0 Å². The molecule has 2 saturated heterocycles. The van der Waals surface area contributed by atoms with Gasteiger partial charge in [0.2, 0.25) is 0 Å². The number of aromatic amines is 1. The van der Waals surface area contributed by atoms with Crippen molar-refractivity contribution < 1.29 is 9.53 Å². The van der Waals surface area contributed by atoms with Crippen molar-refractivity contribution >= 4 is 28.4 Å². The molecule has 0 radical (unpaired) electrons. The minimum absolute atomic E-state index is 0.0739. The largest absolute Gasteiger partial charge is 0.497 e. The molecule has 0 aliphatic carbocycles. The molecule has 35 heavy (non-hydrogen) atoms. The van der Waals surface area contributed by atoms with Crippen LogP contribution in [0.5, 0.6) is 5.75 Å². The normalized spacial score (nSPS) is 21.3. The predicted molar refractivity (Wildman–Crippen MR) is 136 cm³/mol. The molecule has 0 spiro atoms. The van der Waals surface area contributed by atoms with E-state index in [4.69, 9.17) is 4.74 Å². The van der Waals surface area contributed by atoms with Gasteiger partial charge in [0, 0.05) is 47.8 Å². The summed E-state index contributed by atoms with van der Waals surface area (Å²) in [4.78, 5) is 28.1. The maximum atomic E-state index is 13.8. The van der Waals surface area contributed by atoms with Crippen LogP contribution in [0.1, 0.15) is 41.6 Å². The molecule has 2 aliphatic heterocycles. The van der Waals surface area contributed by atoms with E-state index in [1.54, 1.807) is 13.3 Å². The highest BCUT2D eigenvalue weighted by Crippen LogP contribution is 2.41. The van der Waals surface area contributed by atoms with E-state index in [0.717, 1.165) is 54.6 Å². The van der Waals surface area contributed by atoms with Gasteiger partial charge in [-0.3, -0.25) is 4.79 Å². The monoisotopic (exact) mass is 467 g/mol. The van der Waals surface area contributed by atoms with E-state index >= 15 is 0 Å². The van der Waals surface area contributed by atoms with Crippen LogP contribution < -0.4 is 10.1 Å². The molecule has 7 nitrogen and oxygen atoms in total. The number of nitrogens with zero attached hydrogens (tertiary/aromatic N) is 3. The summed E-state index contributed by atoms with van der Waals surface area (Å²) in [6.07, 6.45) is 10.9. The van der Waals surface area contributed by atoms with Crippen molar-refractivity contribution in [3.8, 4) is 5.75 Å². The maximum Gasteiger partial charge on any atom is 0.258 e. The lowest BCUT2D eigenvalue weighted by Gasteiger charge is -2.39. The Bertz CT molecular complexity index is 1350. The zero-order valence-electron chi connectivity index (χ0n) is 19.8. The van der Waals surface area contributed by atoms with Crippen LogP contribution in [-0.2, 0) is 6.42 Å². The number of ether oxygens (including phenoxy) is 1. The number of carbonyl (C=O) groups is 1. The van der Waals surface area contributed by atoms with E-state index < -0.39 is 0 Å². The highest BCUT2D eigenvalue weighted by atomic mass is 16.5. The second-order valence-electron chi connectivity index (χ2n) is 9.65. The minimum atomic E-state index is 0.0739. The van der Waals surface area contributed by atoms with Gasteiger partial charge in [0.05, 0.1) is 12.7 Å². The van der Waals surface area contributed by atoms with Crippen molar-refractivity contribution in [1.82, 2.24) is 19.9 Å². The number of H-pyrrole nitrogens is 1. The van der Waals surface area contributed by atoms with Crippen molar-refractivity contribution in [1.29, 1.82) is 0 Å². The molecule has 7 heteroatoms. The lowest BCUT2D eigenvalue weighted by Crippen LogP contribution is -2.47. The van der Waals surface area contributed by atoms with Crippen LogP contribution in [-0.4, -0.2) is 45.0 Å². The highest BCUT2D eigenvalue weighted by Gasteiger charge is 2.43. The zero-order chi connectivity index (χ0) is 23.8. The summed E-state index contributed by atoms with van der Waals surface area (Å²) in [6, 6.07) is 16.2.